The first-order valence-electron chi connectivity index (χ1n) is 5.19. The third-order valence-electron chi connectivity index (χ3n) is 1.95. The number of carbonyl (C=O) groups is 2. The highest BCUT2D eigenvalue weighted by Crippen LogP contribution is 1.97. The number of hydrogen-bond acceptors (Lipinski definition) is 5. The number of thioether (sulfide) groups is 1. The van der Waals surface area contributed by atoms with E-state index in [2.05, 4.69) is 0 Å². The van der Waals surface area contributed by atoms with E-state index in [4.69, 9.17) is 21.7 Å². The third-order valence-corrected chi connectivity index (χ3v) is 2.60. The second-order valence-corrected chi connectivity index (χ2v) is 4.82. The maximum Gasteiger partial charge on any atom is 0.320 e. The van der Waals surface area contributed by atoms with Gasteiger partial charge in [0.1, 0.15) is 12.1 Å². The van der Waals surface area contributed by atoms with Crippen LogP contribution in [0.1, 0.15) is 20.3 Å². The Kier molecular flexibility index (Phi) is 11.3. The minimum atomic E-state index is -0.931. The molecule has 0 spiro atoms. The first-order chi connectivity index (χ1) is 7.73. The Balaban J connectivity index is 0. The molecular formula is C10H22N2O4S. The van der Waals surface area contributed by atoms with Crippen LogP contribution in [0.15, 0.2) is 0 Å². The van der Waals surface area contributed by atoms with Gasteiger partial charge in [-0.1, -0.05) is 13.8 Å². The molecule has 0 aromatic rings. The summed E-state index contributed by atoms with van der Waals surface area (Å²) in [6.07, 6.45) is 2.48. The van der Waals surface area contributed by atoms with Gasteiger partial charge < -0.3 is 21.7 Å². The predicted octanol–water partition coefficient (Wildman–Crippen LogP) is 0.206. The van der Waals surface area contributed by atoms with Gasteiger partial charge in [-0.2, -0.15) is 11.8 Å². The number of carboxylic acids is 2. The van der Waals surface area contributed by atoms with Gasteiger partial charge in [0.15, 0.2) is 0 Å². The summed E-state index contributed by atoms with van der Waals surface area (Å²) >= 11 is 1.60. The average Bonchev–Trinajstić information content (AvgIpc) is 2.25. The van der Waals surface area contributed by atoms with Crippen LogP contribution in [-0.2, 0) is 9.59 Å². The van der Waals surface area contributed by atoms with E-state index < -0.39 is 24.0 Å². The van der Waals surface area contributed by atoms with Gasteiger partial charge in [-0.15, -0.1) is 0 Å². The van der Waals surface area contributed by atoms with Gasteiger partial charge in [0, 0.05) is 0 Å². The fourth-order valence-corrected chi connectivity index (χ4v) is 1.14. The molecule has 0 aromatic carbocycles. The van der Waals surface area contributed by atoms with Crippen molar-refractivity contribution in [3.05, 3.63) is 0 Å². The molecule has 0 saturated heterocycles. The fraction of sp³-hybridized carbons (Fsp3) is 0.800. The smallest absolute Gasteiger partial charge is 0.320 e. The second kappa shape index (κ2) is 10.4. The predicted molar refractivity (Wildman–Crippen MR) is 69.1 cm³/mol. The summed E-state index contributed by atoms with van der Waals surface area (Å²) in [7, 11) is 0. The molecule has 0 aliphatic carbocycles. The third kappa shape index (κ3) is 11.5. The van der Waals surface area contributed by atoms with Crippen molar-refractivity contribution >= 4 is 23.7 Å². The minimum Gasteiger partial charge on any atom is -0.480 e. The Bertz CT molecular complexity index is 236. The van der Waals surface area contributed by atoms with Crippen molar-refractivity contribution in [1.82, 2.24) is 0 Å². The highest BCUT2D eigenvalue weighted by molar-refractivity contribution is 7.98. The monoisotopic (exact) mass is 266 g/mol. The van der Waals surface area contributed by atoms with E-state index in [-0.39, 0.29) is 5.92 Å². The molecule has 6 N–H and O–H groups in total. The Morgan fingerprint density at radius 1 is 1.18 bits per heavy atom. The van der Waals surface area contributed by atoms with Gasteiger partial charge in [0.05, 0.1) is 0 Å². The normalized spacial score (nSPS) is 13.5. The highest BCUT2D eigenvalue weighted by atomic mass is 32.2. The highest BCUT2D eigenvalue weighted by Gasteiger charge is 2.14. The zero-order valence-electron chi connectivity index (χ0n) is 10.4. The molecule has 0 amide bonds. The largest absolute Gasteiger partial charge is 0.480 e. The van der Waals surface area contributed by atoms with E-state index in [1.165, 1.54) is 0 Å². The molecule has 6 nitrogen and oxygen atoms in total. The summed E-state index contributed by atoms with van der Waals surface area (Å²) in [6.45, 7) is 3.55. The summed E-state index contributed by atoms with van der Waals surface area (Å²) in [4.78, 5) is 20.1. The lowest BCUT2D eigenvalue weighted by atomic mass is 10.1. The summed E-state index contributed by atoms with van der Waals surface area (Å²) in [5, 5.41) is 16.5. The second-order valence-electron chi connectivity index (χ2n) is 3.83. The van der Waals surface area contributed by atoms with E-state index >= 15 is 0 Å². The van der Waals surface area contributed by atoms with E-state index in [0.717, 1.165) is 5.75 Å². The first kappa shape index (κ1) is 18.6. The topological polar surface area (TPSA) is 127 Å². The lowest BCUT2D eigenvalue weighted by Gasteiger charge is -2.07. The zero-order chi connectivity index (χ0) is 14.0. The van der Waals surface area contributed by atoms with Crippen molar-refractivity contribution in [3.8, 4) is 0 Å². The molecule has 2 unspecified atom stereocenters. The van der Waals surface area contributed by atoms with Crippen LogP contribution < -0.4 is 11.5 Å². The van der Waals surface area contributed by atoms with Gasteiger partial charge in [-0.25, -0.2) is 0 Å². The van der Waals surface area contributed by atoms with E-state index in [0.29, 0.717) is 6.42 Å². The quantitative estimate of drug-likeness (QED) is 0.541. The molecule has 102 valence electrons. The van der Waals surface area contributed by atoms with Crippen LogP contribution in [-0.4, -0.2) is 46.2 Å². The summed E-state index contributed by atoms with van der Waals surface area (Å²) in [5.41, 5.74) is 10.3. The summed E-state index contributed by atoms with van der Waals surface area (Å²) in [6, 6.07) is -1.40. The fourth-order valence-electron chi connectivity index (χ4n) is 0.653. The van der Waals surface area contributed by atoms with Crippen LogP contribution in [0.25, 0.3) is 0 Å². The van der Waals surface area contributed by atoms with Gasteiger partial charge in [0.2, 0.25) is 0 Å². The van der Waals surface area contributed by atoms with Gasteiger partial charge in [0.25, 0.3) is 0 Å². The van der Waals surface area contributed by atoms with E-state index in [1.54, 1.807) is 25.6 Å². The number of hydrogen-bond donors (Lipinski definition) is 4. The molecule has 2 atom stereocenters. The molecule has 0 radical (unpaired) electrons. The Labute approximate surface area is 106 Å². The van der Waals surface area contributed by atoms with E-state index in [9.17, 15) is 9.59 Å². The molecule has 17 heavy (non-hydrogen) atoms. The number of aliphatic carboxylic acids is 2. The van der Waals surface area contributed by atoms with Crippen LogP contribution in [0.4, 0.5) is 0 Å². The molecule has 0 aliphatic heterocycles. The summed E-state index contributed by atoms with van der Waals surface area (Å²) in [5.74, 6) is -1.01. The van der Waals surface area contributed by atoms with Gasteiger partial charge in [-0.3, -0.25) is 9.59 Å². The molecule has 0 aliphatic rings. The average molecular weight is 266 g/mol. The van der Waals surface area contributed by atoms with Crippen LogP contribution in [0.2, 0.25) is 0 Å². The molecule has 0 rings (SSSR count). The molecule has 0 heterocycles. The van der Waals surface area contributed by atoms with E-state index in [1.807, 2.05) is 6.26 Å². The summed E-state index contributed by atoms with van der Waals surface area (Å²) < 4.78 is 0. The Morgan fingerprint density at radius 2 is 1.65 bits per heavy atom. The first-order valence-corrected chi connectivity index (χ1v) is 6.59. The molecular weight excluding hydrogens is 244 g/mol. The van der Waals surface area contributed by atoms with Crippen LogP contribution in [0.5, 0.6) is 0 Å². The zero-order valence-corrected chi connectivity index (χ0v) is 11.2. The van der Waals surface area contributed by atoms with Gasteiger partial charge >= 0.3 is 11.9 Å². The van der Waals surface area contributed by atoms with Crippen molar-refractivity contribution in [3.63, 3.8) is 0 Å². The minimum absolute atomic E-state index is 0.0208. The molecule has 0 fully saturated rings. The standard InChI is InChI=1S/C5H11NO2S.C5H11NO2/c1-9-3-2-4(6)5(7)8;1-3(2)4(6)5(7)8/h4H,2-3,6H2,1H3,(H,7,8);3-4H,6H2,1-2H3,(H,7,8). The number of carboxylic acid groups (broad SMARTS) is 2. The Hall–Kier alpha value is -0.790. The van der Waals surface area contributed by atoms with Crippen molar-refractivity contribution in [2.45, 2.75) is 32.4 Å². The van der Waals surface area contributed by atoms with Crippen molar-refractivity contribution in [1.29, 1.82) is 0 Å². The maximum absolute atomic E-state index is 10.1. The van der Waals surface area contributed by atoms with Crippen LogP contribution >= 0.6 is 11.8 Å². The molecule has 0 bridgehead atoms. The SMILES string of the molecule is CC(C)C(N)C(=O)O.CSCCC(N)C(=O)O. The number of nitrogens with two attached hydrogens (primary N) is 2. The molecule has 0 aromatic heterocycles. The molecule has 0 saturated carbocycles. The van der Waals surface area contributed by atoms with Crippen molar-refractivity contribution in [2.75, 3.05) is 12.0 Å². The lowest BCUT2D eigenvalue weighted by molar-refractivity contribution is -0.140. The van der Waals surface area contributed by atoms with Crippen LogP contribution in [0.3, 0.4) is 0 Å². The van der Waals surface area contributed by atoms with Crippen LogP contribution in [0, 0.1) is 5.92 Å². The Morgan fingerprint density at radius 3 is 1.82 bits per heavy atom. The lowest BCUT2D eigenvalue weighted by Crippen LogP contribution is -2.34. The van der Waals surface area contributed by atoms with Crippen molar-refractivity contribution in [2.24, 2.45) is 17.4 Å². The maximum atomic E-state index is 10.1. The molecule has 7 heteroatoms. The van der Waals surface area contributed by atoms with Gasteiger partial charge in [-0.05, 0) is 24.3 Å². The van der Waals surface area contributed by atoms with Crippen molar-refractivity contribution < 1.29 is 19.8 Å². The number of rotatable bonds is 6.